The highest BCUT2D eigenvalue weighted by Crippen LogP contribution is 2.29. The molecule has 0 aliphatic heterocycles. The van der Waals surface area contributed by atoms with Crippen LogP contribution in [0.5, 0.6) is 0 Å². The van der Waals surface area contributed by atoms with E-state index in [1.165, 1.54) is 12.3 Å². The molecule has 9 heteroatoms. The average Bonchev–Trinajstić information content (AvgIpc) is 3.03. The third-order valence-electron chi connectivity index (χ3n) is 3.25. The van der Waals surface area contributed by atoms with Crippen LogP contribution < -0.4 is 16.0 Å². The molecule has 0 saturated heterocycles. The van der Waals surface area contributed by atoms with Gasteiger partial charge in [-0.25, -0.2) is 0 Å². The molecule has 0 radical (unpaired) electrons. The van der Waals surface area contributed by atoms with Crippen LogP contribution in [0.2, 0.25) is 0 Å². The first-order chi connectivity index (χ1) is 11.7. The van der Waals surface area contributed by atoms with Gasteiger partial charge in [-0.15, -0.1) is 0 Å². The Balaban J connectivity index is 2.06. The molecule has 1 amide bonds. The molecule has 1 aromatic carbocycles. The van der Waals surface area contributed by atoms with Crippen molar-refractivity contribution in [2.75, 3.05) is 5.32 Å². The predicted molar refractivity (Wildman–Crippen MR) is 106 cm³/mol. The zero-order chi connectivity index (χ0) is 18.6. The number of benzene rings is 1. The number of rotatable bonds is 4. The molecule has 0 unspecified atom stereocenters. The second-order valence-corrected chi connectivity index (χ2v) is 8.12. The van der Waals surface area contributed by atoms with Crippen LogP contribution in [-0.2, 0) is 0 Å². The van der Waals surface area contributed by atoms with Crippen molar-refractivity contribution in [3.05, 3.63) is 53.5 Å². The minimum Gasteiger partial charge on any atom is -0.459 e. The number of nitrogens with one attached hydrogen (secondary N) is 3. The molecule has 1 aromatic heterocycles. The van der Waals surface area contributed by atoms with Crippen molar-refractivity contribution in [1.82, 2.24) is 10.6 Å². The molecule has 0 aliphatic carbocycles. The topological polar surface area (TPSA) is 66.3 Å². The van der Waals surface area contributed by atoms with Crippen LogP contribution in [0.15, 0.2) is 41.0 Å². The van der Waals surface area contributed by atoms with Gasteiger partial charge in [-0.05, 0) is 49.8 Å². The number of halogens is 3. The van der Waals surface area contributed by atoms with Crippen LogP contribution in [0.4, 0.5) is 5.69 Å². The van der Waals surface area contributed by atoms with Gasteiger partial charge in [0.1, 0.15) is 6.17 Å². The highest BCUT2D eigenvalue weighted by molar-refractivity contribution is 7.80. The van der Waals surface area contributed by atoms with Gasteiger partial charge in [0.2, 0.25) is 3.79 Å². The third kappa shape index (κ3) is 5.78. The summed E-state index contributed by atoms with van der Waals surface area (Å²) in [6, 6.07) is 8.93. The number of hydrogen-bond acceptors (Lipinski definition) is 3. The Morgan fingerprint density at radius 1 is 1.20 bits per heavy atom. The van der Waals surface area contributed by atoms with E-state index in [1.54, 1.807) is 6.07 Å². The van der Waals surface area contributed by atoms with Crippen molar-refractivity contribution in [3.63, 3.8) is 0 Å². The second-order valence-electron chi connectivity index (χ2n) is 5.34. The van der Waals surface area contributed by atoms with Crippen LogP contribution in [-0.4, -0.2) is 21.0 Å². The number of hydrogen-bond donors (Lipinski definition) is 3. The summed E-state index contributed by atoms with van der Waals surface area (Å²) in [6.45, 7) is 3.94. The quantitative estimate of drug-likeness (QED) is 0.391. The van der Waals surface area contributed by atoms with Gasteiger partial charge in [0.15, 0.2) is 10.9 Å². The minimum atomic E-state index is -1.84. The monoisotopic (exact) mass is 419 g/mol. The maximum atomic E-state index is 12.1. The number of alkyl halides is 3. The zero-order valence-corrected chi connectivity index (χ0v) is 16.5. The maximum absolute atomic E-state index is 12.1. The predicted octanol–water partition coefficient (Wildman–Crippen LogP) is 4.31. The second kappa shape index (κ2) is 8.27. The number of aryl methyl sites for hydroxylation is 2. The van der Waals surface area contributed by atoms with Crippen LogP contribution in [0.3, 0.4) is 0 Å². The molecular formula is C16H16Cl3N3O2S. The highest BCUT2D eigenvalue weighted by Gasteiger charge is 2.35. The fourth-order valence-electron chi connectivity index (χ4n) is 2.05. The summed E-state index contributed by atoms with van der Waals surface area (Å²) in [4.78, 5) is 12.1. The van der Waals surface area contributed by atoms with Crippen molar-refractivity contribution in [2.45, 2.75) is 23.8 Å². The van der Waals surface area contributed by atoms with Crippen LogP contribution in [0, 0.1) is 13.8 Å². The summed E-state index contributed by atoms with van der Waals surface area (Å²) >= 11 is 23.1. The lowest BCUT2D eigenvalue weighted by molar-refractivity contribution is 0.0906. The third-order valence-corrected chi connectivity index (χ3v) is 4.13. The highest BCUT2D eigenvalue weighted by atomic mass is 35.6. The van der Waals surface area contributed by atoms with E-state index in [2.05, 4.69) is 16.0 Å². The van der Waals surface area contributed by atoms with Gasteiger partial charge in [0.25, 0.3) is 5.91 Å². The fourth-order valence-corrected chi connectivity index (χ4v) is 2.61. The summed E-state index contributed by atoms with van der Waals surface area (Å²) in [7, 11) is 0. The number of thiocarbonyl (C=S) groups is 1. The summed E-state index contributed by atoms with van der Waals surface area (Å²) < 4.78 is 3.18. The number of carbonyl (C=O) groups is 1. The zero-order valence-electron chi connectivity index (χ0n) is 13.4. The van der Waals surface area contributed by atoms with E-state index < -0.39 is 15.9 Å². The lowest BCUT2D eigenvalue weighted by atomic mass is 10.1. The van der Waals surface area contributed by atoms with Gasteiger partial charge in [-0.2, -0.15) is 0 Å². The smallest absolute Gasteiger partial charge is 0.288 e. The Morgan fingerprint density at radius 3 is 2.48 bits per heavy atom. The van der Waals surface area contributed by atoms with E-state index >= 15 is 0 Å². The summed E-state index contributed by atoms with van der Waals surface area (Å²) in [5.41, 5.74) is 2.95. The molecule has 0 saturated carbocycles. The summed E-state index contributed by atoms with van der Waals surface area (Å²) in [6.07, 6.45) is 0.305. The van der Waals surface area contributed by atoms with Gasteiger partial charge in [-0.3, -0.25) is 4.79 Å². The van der Waals surface area contributed by atoms with Crippen LogP contribution >= 0.6 is 47.0 Å². The van der Waals surface area contributed by atoms with Crippen molar-refractivity contribution in [2.24, 2.45) is 0 Å². The van der Waals surface area contributed by atoms with Gasteiger partial charge >= 0.3 is 0 Å². The molecule has 5 nitrogen and oxygen atoms in total. The molecular weight excluding hydrogens is 405 g/mol. The van der Waals surface area contributed by atoms with E-state index in [0.717, 1.165) is 16.8 Å². The Hall–Kier alpha value is -1.47. The largest absolute Gasteiger partial charge is 0.459 e. The fraction of sp³-hybridized carbons (Fsp3) is 0.250. The molecule has 2 aromatic rings. The van der Waals surface area contributed by atoms with Crippen LogP contribution in [0.25, 0.3) is 0 Å². The number of furan rings is 1. The van der Waals surface area contributed by atoms with Gasteiger partial charge in [-0.1, -0.05) is 52.5 Å². The molecule has 1 heterocycles. The minimum absolute atomic E-state index is 0.0920. The van der Waals surface area contributed by atoms with E-state index in [0.29, 0.717) is 0 Å². The summed E-state index contributed by atoms with van der Waals surface area (Å²) in [5.74, 6) is -0.447. The maximum Gasteiger partial charge on any atom is 0.288 e. The molecule has 2 rings (SSSR count). The standard InChI is InChI=1S/C16H16Cl3N3O2S/c1-9-5-6-11(10(2)8-9)20-15(25)22-14(16(17,18)19)21-13(23)12-4-3-7-24-12/h3-8,14H,1-2H3,(H,21,23)(H2,20,22,25)/t14-/m1/s1. The molecule has 1 atom stereocenters. The molecule has 0 aliphatic rings. The number of anilines is 1. The normalized spacial score (nSPS) is 12.4. The summed E-state index contributed by atoms with van der Waals surface area (Å²) in [5, 5.41) is 8.54. The van der Waals surface area contributed by atoms with Crippen molar-refractivity contribution in [3.8, 4) is 0 Å². The molecule has 0 fully saturated rings. The average molecular weight is 421 g/mol. The Labute approximate surface area is 166 Å². The van der Waals surface area contributed by atoms with Crippen LogP contribution in [0.1, 0.15) is 21.7 Å². The van der Waals surface area contributed by atoms with Gasteiger partial charge in [0.05, 0.1) is 6.26 Å². The number of carbonyl (C=O) groups excluding carboxylic acids is 1. The first-order valence-corrected chi connectivity index (χ1v) is 8.77. The Kier molecular flexibility index (Phi) is 6.57. The first-order valence-electron chi connectivity index (χ1n) is 7.22. The Bertz CT molecular complexity index is 760. The molecule has 3 N–H and O–H groups in total. The SMILES string of the molecule is Cc1ccc(NC(=S)N[C@@H](NC(=O)c2ccco2)C(Cl)(Cl)Cl)c(C)c1. The molecule has 134 valence electrons. The number of amides is 1. The van der Waals surface area contributed by atoms with E-state index in [-0.39, 0.29) is 10.9 Å². The Morgan fingerprint density at radius 2 is 1.92 bits per heavy atom. The van der Waals surface area contributed by atoms with E-state index in [1.807, 2.05) is 32.0 Å². The lowest BCUT2D eigenvalue weighted by Gasteiger charge is -2.27. The van der Waals surface area contributed by atoms with Crippen molar-refractivity contribution < 1.29 is 9.21 Å². The van der Waals surface area contributed by atoms with E-state index in [4.69, 9.17) is 51.4 Å². The van der Waals surface area contributed by atoms with Gasteiger partial charge < -0.3 is 20.4 Å². The molecule has 0 spiro atoms. The molecule has 25 heavy (non-hydrogen) atoms. The lowest BCUT2D eigenvalue weighted by Crippen LogP contribution is -2.56. The van der Waals surface area contributed by atoms with Gasteiger partial charge in [0, 0.05) is 5.69 Å². The van der Waals surface area contributed by atoms with Crippen molar-refractivity contribution in [1.29, 1.82) is 0 Å². The molecule has 0 bridgehead atoms. The van der Waals surface area contributed by atoms with Crippen molar-refractivity contribution >= 4 is 63.7 Å². The first kappa shape index (κ1) is 19.8. The van der Waals surface area contributed by atoms with E-state index in [9.17, 15) is 4.79 Å².